The van der Waals surface area contributed by atoms with Crippen LogP contribution in [0.15, 0.2) is 0 Å². The largest absolute Gasteiger partial charge is 0.382 e. The van der Waals surface area contributed by atoms with E-state index in [9.17, 15) is 0 Å². The highest BCUT2D eigenvalue weighted by atomic mass is 16.5. The molecule has 0 saturated carbocycles. The van der Waals surface area contributed by atoms with Gasteiger partial charge in [-0.1, -0.05) is 39.5 Å². The average molecular weight is 309 g/mol. The standard InChI is InChI=1S/C6H14.3C4H10O/c1-3-5-6-4-2;3*1-3-5-4-2/h3-6H2,1-2H3;3*3-4H2,1-2H3. The molecule has 0 aromatic carbocycles. The Labute approximate surface area is 135 Å². The zero-order valence-electron chi connectivity index (χ0n) is 16.3. The second-order valence-electron chi connectivity index (χ2n) is 4.05. The monoisotopic (exact) mass is 308 g/mol. The third-order valence-electron chi connectivity index (χ3n) is 2.18. The molecule has 0 rings (SSSR count). The van der Waals surface area contributed by atoms with E-state index >= 15 is 0 Å². The van der Waals surface area contributed by atoms with E-state index in [1.165, 1.54) is 25.7 Å². The Bertz CT molecular complexity index is 84.4. The highest BCUT2D eigenvalue weighted by Gasteiger charge is 1.75. The molecular formula is C18H44O3. The topological polar surface area (TPSA) is 27.7 Å². The number of unbranched alkanes of at least 4 members (excludes halogenated alkanes) is 3. The van der Waals surface area contributed by atoms with Gasteiger partial charge in [-0.05, 0) is 41.5 Å². The minimum absolute atomic E-state index is 0.844. The van der Waals surface area contributed by atoms with E-state index in [-0.39, 0.29) is 0 Å². The molecule has 134 valence electrons. The van der Waals surface area contributed by atoms with E-state index in [2.05, 4.69) is 13.8 Å². The minimum atomic E-state index is 0.844. The molecule has 0 amide bonds. The van der Waals surface area contributed by atoms with E-state index in [0.717, 1.165) is 39.6 Å². The van der Waals surface area contributed by atoms with Crippen molar-refractivity contribution in [1.82, 2.24) is 0 Å². The zero-order chi connectivity index (χ0) is 17.2. The summed E-state index contributed by atoms with van der Waals surface area (Å²) in [5, 5.41) is 0. The van der Waals surface area contributed by atoms with Crippen molar-refractivity contribution in [3.63, 3.8) is 0 Å². The van der Waals surface area contributed by atoms with Crippen molar-refractivity contribution < 1.29 is 14.2 Å². The first-order valence-corrected chi connectivity index (χ1v) is 8.89. The molecule has 3 nitrogen and oxygen atoms in total. The number of hydrogen-bond acceptors (Lipinski definition) is 3. The van der Waals surface area contributed by atoms with Crippen LogP contribution in [0.2, 0.25) is 0 Å². The third kappa shape index (κ3) is 80.6. The van der Waals surface area contributed by atoms with Crippen LogP contribution in [0.3, 0.4) is 0 Å². The summed E-state index contributed by atoms with van der Waals surface area (Å²) in [7, 11) is 0. The first-order valence-electron chi connectivity index (χ1n) is 8.89. The van der Waals surface area contributed by atoms with Crippen LogP contribution in [0.5, 0.6) is 0 Å². The Morgan fingerprint density at radius 3 is 0.619 bits per heavy atom. The van der Waals surface area contributed by atoms with Crippen molar-refractivity contribution in [2.45, 2.75) is 81.1 Å². The first kappa shape index (κ1) is 29.0. The van der Waals surface area contributed by atoms with Gasteiger partial charge in [0.15, 0.2) is 0 Å². The maximum Gasteiger partial charge on any atom is 0.0437 e. The molecule has 0 aromatic rings. The molecule has 0 aliphatic carbocycles. The van der Waals surface area contributed by atoms with Gasteiger partial charge in [0.05, 0.1) is 0 Å². The van der Waals surface area contributed by atoms with Crippen molar-refractivity contribution in [3.8, 4) is 0 Å². The lowest BCUT2D eigenvalue weighted by molar-refractivity contribution is 0.162. The number of hydrogen-bond donors (Lipinski definition) is 0. The third-order valence-corrected chi connectivity index (χ3v) is 2.18. The summed E-state index contributed by atoms with van der Waals surface area (Å²) in [4.78, 5) is 0. The summed E-state index contributed by atoms with van der Waals surface area (Å²) < 4.78 is 14.5. The van der Waals surface area contributed by atoms with Crippen LogP contribution in [0, 0.1) is 0 Å². The van der Waals surface area contributed by atoms with Gasteiger partial charge in [0, 0.05) is 39.6 Å². The summed E-state index contributed by atoms with van der Waals surface area (Å²) in [5.41, 5.74) is 0. The van der Waals surface area contributed by atoms with Crippen LogP contribution in [0.1, 0.15) is 81.1 Å². The van der Waals surface area contributed by atoms with Crippen LogP contribution in [0.4, 0.5) is 0 Å². The van der Waals surface area contributed by atoms with E-state index in [1.54, 1.807) is 0 Å². The van der Waals surface area contributed by atoms with Crippen molar-refractivity contribution in [2.24, 2.45) is 0 Å². The smallest absolute Gasteiger partial charge is 0.0437 e. The predicted molar refractivity (Wildman–Crippen MR) is 96.3 cm³/mol. The van der Waals surface area contributed by atoms with Gasteiger partial charge in [-0.25, -0.2) is 0 Å². The fraction of sp³-hybridized carbons (Fsp3) is 1.00. The maximum absolute atomic E-state index is 4.83. The van der Waals surface area contributed by atoms with Gasteiger partial charge in [0.2, 0.25) is 0 Å². The van der Waals surface area contributed by atoms with E-state index in [1.807, 2.05) is 41.5 Å². The van der Waals surface area contributed by atoms with Gasteiger partial charge in [0.25, 0.3) is 0 Å². The number of ether oxygens (including phenoxy) is 3. The normalized spacial score (nSPS) is 8.57. The molecule has 3 heteroatoms. The second-order valence-corrected chi connectivity index (χ2v) is 4.05. The van der Waals surface area contributed by atoms with Crippen LogP contribution in [0.25, 0.3) is 0 Å². The molecule has 0 unspecified atom stereocenters. The highest BCUT2D eigenvalue weighted by molar-refractivity contribution is 4.31. The van der Waals surface area contributed by atoms with Gasteiger partial charge in [-0.2, -0.15) is 0 Å². The van der Waals surface area contributed by atoms with Gasteiger partial charge in [-0.15, -0.1) is 0 Å². The summed E-state index contributed by atoms with van der Waals surface area (Å²) in [6, 6.07) is 0. The van der Waals surface area contributed by atoms with Gasteiger partial charge >= 0.3 is 0 Å². The molecule has 0 N–H and O–H groups in total. The van der Waals surface area contributed by atoms with Crippen LogP contribution in [-0.4, -0.2) is 39.6 Å². The molecule has 0 bridgehead atoms. The van der Waals surface area contributed by atoms with Crippen molar-refractivity contribution in [1.29, 1.82) is 0 Å². The minimum Gasteiger partial charge on any atom is -0.382 e. The summed E-state index contributed by atoms with van der Waals surface area (Å²) >= 11 is 0. The lowest BCUT2D eigenvalue weighted by Crippen LogP contribution is -1.84. The molecule has 0 fully saturated rings. The molecule has 0 radical (unpaired) electrons. The Balaban J connectivity index is -0.0000000921. The summed E-state index contributed by atoms with van der Waals surface area (Å²) in [5.74, 6) is 0. The lowest BCUT2D eigenvalue weighted by Gasteiger charge is -1.86. The SMILES string of the molecule is CCCCCC.CCOCC.CCOCC.CCOCC. The fourth-order valence-electron chi connectivity index (χ4n) is 1.11. The maximum atomic E-state index is 4.83. The Morgan fingerprint density at radius 1 is 0.381 bits per heavy atom. The summed E-state index contributed by atoms with van der Waals surface area (Å²) in [6.45, 7) is 21.5. The van der Waals surface area contributed by atoms with Crippen molar-refractivity contribution in [2.75, 3.05) is 39.6 Å². The lowest BCUT2D eigenvalue weighted by atomic mass is 10.2. The van der Waals surface area contributed by atoms with E-state index in [4.69, 9.17) is 14.2 Å². The molecule has 0 saturated heterocycles. The predicted octanol–water partition coefficient (Wildman–Crippen LogP) is 5.72. The first-order chi connectivity index (χ1) is 10.2. The summed E-state index contributed by atoms with van der Waals surface area (Å²) in [6.07, 6.45) is 5.54. The zero-order valence-corrected chi connectivity index (χ0v) is 16.3. The second kappa shape index (κ2) is 42.7. The molecule has 0 aliphatic rings. The van der Waals surface area contributed by atoms with Crippen LogP contribution < -0.4 is 0 Å². The molecular weight excluding hydrogens is 264 g/mol. The fourth-order valence-corrected chi connectivity index (χ4v) is 1.11. The van der Waals surface area contributed by atoms with Crippen molar-refractivity contribution in [3.05, 3.63) is 0 Å². The molecule has 0 spiro atoms. The molecule has 0 aliphatic heterocycles. The highest BCUT2D eigenvalue weighted by Crippen LogP contribution is 1.95. The average Bonchev–Trinajstić information content (AvgIpc) is 2.49. The molecule has 0 atom stereocenters. The molecule has 0 heterocycles. The van der Waals surface area contributed by atoms with E-state index < -0.39 is 0 Å². The Morgan fingerprint density at radius 2 is 0.571 bits per heavy atom. The van der Waals surface area contributed by atoms with Gasteiger partial charge < -0.3 is 14.2 Å². The van der Waals surface area contributed by atoms with Crippen molar-refractivity contribution >= 4 is 0 Å². The number of rotatable bonds is 9. The Kier molecular flexibility index (Phi) is 58.9. The molecule has 21 heavy (non-hydrogen) atoms. The van der Waals surface area contributed by atoms with Gasteiger partial charge in [-0.3, -0.25) is 0 Å². The van der Waals surface area contributed by atoms with Gasteiger partial charge in [0.1, 0.15) is 0 Å². The van der Waals surface area contributed by atoms with Crippen LogP contribution in [-0.2, 0) is 14.2 Å². The van der Waals surface area contributed by atoms with E-state index in [0.29, 0.717) is 0 Å². The molecule has 0 aromatic heterocycles. The van der Waals surface area contributed by atoms with Crippen LogP contribution >= 0.6 is 0 Å². The quantitative estimate of drug-likeness (QED) is 0.510. The Hall–Kier alpha value is -0.120.